The molecule has 0 spiro atoms. The fourth-order valence-corrected chi connectivity index (χ4v) is 5.19. The van der Waals surface area contributed by atoms with Crippen molar-refractivity contribution >= 4 is 46.5 Å². The number of rotatable bonds is 8. The number of nitrogens with one attached hydrogen (secondary N) is 2. The molecular formula is C31H35Cl2FN4O4. The van der Waals surface area contributed by atoms with Crippen LogP contribution in [0.15, 0.2) is 60.7 Å². The van der Waals surface area contributed by atoms with Gasteiger partial charge in [0.15, 0.2) is 0 Å². The quantitative estimate of drug-likeness (QED) is 0.286. The van der Waals surface area contributed by atoms with Crippen molar-refractivity contribution in [1.29, 1.82) is 0 Å². The number of anilines is 2. The Morgan fingerprint density at radius 2 is 1.79 bits per heavy atom. The summed E-state index contributed by atoms with van der Waals surface area (Å²) >= 11 is 12.3. The van der Waals surface area contributed by atoms with E-state index in [0.717, 1.165) is 5.56 Å². The molecule has 8 nitrogen and oxygen atoms in total. The molecule has 1 aliphatic heterocycles. The number of aliphatic hydroxyl groups excluding tert-OH is 1. The van der Waals surface area contributed by atoms with Gasteiger partial charge in [0.1, 0.15) is 17.7 Å². The molecule has 0 aromatic heterocycles. The van der Waals surface area contributed by atoms with Crippen LogP contribution in [0.1, 0.15) is 25.0 Å². The van der Waals surface area contributed by atoms with E-state index in [1.54, 1.807) is 29.2 Å². The standard InChI is InChI=1S/C31H35Cl2FN4O4/c1-19-15-38(20(2)18-39)30(40)14-22-13-25(36-31(41)35-24-7-5-23(34)6-8-24)9-11-28(22)42-29(19)17-37(3)16-21-4-10-26(32)27(33)12-21/h4-13,19-20,29,39H,14-18H2,1-3H3,(H2,35,36,41)/t19-,20-,29+/m0/s1. The first-order valence-corrected chi connectivity index (χ1v) is 14.4. The van der Waals surface area contributed by atoms with Gasteiger partial charge in [-0.3, -0.25) is 9.69 Å². The Bertz CT molecular complexity index is 1410. The van der Waals surface area contributed by atoms with Crippen molar-refractivity contribution in [3.05, 3.63) is 87.7 Å². The number of carbonyl (C=O) groups excluding carboxylic acids is 2. The van der Waals surface area contributed by atoms with Crippen molar-refractivity contribution < 1.29 is 23.8 Å². The highest BCUT2D eigenvalue weighted by Gasteiger charge is 2.31. The van der Waals surface area contributed by atoms with E-state index in [1.807, 2.05) is 33.0 Å². The molecule has 4 rings (SSSR count). The molecule has 0 saturated heterocycles. The zero-order valence-electron chi connectivity index (χ0n) is 23.7. The van der Waals surface area contributed by atoms with Crippen molar-refractivity contribution in [1.82, 2.24) is 9.80 Å². The molecule has 3 atom stereocenters. The summed E-state index contributed by atoms with van der Waals surface area (Å²) in [5, 5.41) is 16.3. The van der Waals surface area contributed by atoms with Gasteiger partial charge in [0.05, 0.1) is 29.1 Å². The van der Waals surface area contributed by atoms with Gasteiger partial charge in [-0.2, -0.15) is 0 Å². The van der Waals surface area contributed by atoms with Gasteiger partial charge in [-0.25, -0.2) is 9.18 Å². The molecule has 1 aliphatic rings. The Morgan fingerprint density at radius 1 is 1.10 bits per heavy atom. The van der Waals surface area contributed by atoms with E-state index >= 15 is 0 Å². The van der Waals surface area contributed by atoms with Crippen molar-refractivity contribution in [2.45, 2.75) is 39.0 Å². The molecule has 11 heteroatoms. The molecule has 0 bridgehead atoms. The zero-order chi connectivity index (χ0) is 30.4. The molecular weight excluding hydrogens is 582 g/mol. The number of hydrogen-bond acceptors (Lipinski definition) is 5. The Morgan fingerprint density at radius 3 is 2.48 bits per heavy atom. The lowest BCUT2D eigenvalue weighted by atomic mass is 10.0. The Kier molecular flexibility index (Phi) is 10.7. The fourth-order valence-electron chi connectivity index (χ4n) is 4.87. The van der Waals surface area contributed by atoms with Crippen LogP contribution in [0.5, 0.6) is 5.75 Å². The fraction of sp³-hybridized carbons (Fsp3) is 0.355. The molecule has 0 aliphatic carbocycles. The number of hydrogen-bond donors (Lipinski definition) is 3. The molecule has 3 N–H and O–H groups in total. The minimum atomic E-state index is -0.511. The van der Waals surface area contributed by atoms with Gasteiger partial charge in [0, 0.05) is 42.5 Å². The highest BCUT2D eigenvalue weighted by molar-refractivity contribution is 6.42. The van der Waals surface area contributed by atoms with Crippen LogP contribution in [0.2, 0.25) is 10.0 Å². The van der Waals surface area contributed by atoms with Crippen LogP contribution in [-0.2, 0) is 17.8 Å². The smallest absolute Gasteiger partial charge is 0.323 e. The molecule has 0 fully saturated rings. The molecule has 0 saturated carbocycles. The number of likely N-dealkylation sites (N-methyl/N-ethyl adjacent to an activating group) is 1. The van der Waals surface area contributed by atoms with E-state index in [2.05, 4.69) is 15.5 Å². The van der Waals surface area contributed by atoms with Crippen LogP contribution in [0.3, 0.4) is 0 Å². The molecule has 3 aromatic rings. The van der Waals surface area contributed by atoms with E-state index in [1.165, 1.54) is 24.3 Å². The van der Waals surface area contributed by atoms with Crippen molar-refractivity contribution in [3.8, 4) is 5.75 Å². The van der Waals surface area contributed by atoms with Gasteiger partial charge >= 0.3 is 6.03 Å². The summed E-state index contributed by atoms with van der Waals surface area (Å²) < 4.78 is 19.8. The Hall–Kier alpha value is -3.37. The highest BCUT2D eigenvalue weighted by Crippen LogP contribution is 2.30. The number of urea groups is 1. The normalized spacial score (nSPS) is 17.9. The number of carbonyl (C=O) groups is 2. The summed E-state index contributed by atoms with van der Waals surface area (Å²) in [6.45, 7) is 5.24. The third kappa shape index (κ3) is 8.35. The minimum Gasteiger partial charge on any atom is -0.488 e. The van der Waals surface area contributed by atoms with E-state index < -0.39 is 11.8 Å². The Labute approximate surface area is 255 Å². The summed E-state index contributed by atoms with van der Waals surface area (Å²) in [5.41, 5.74) is 2.52. The van der Waals surface area contributed by atoms with Gasteiger partial charge in [-0.1, -0.05) is 36.2 Å². The van der Waals surface area contributed by atoms with Crippen LogP contribution in [-0.4, -0.2) is 65.7 Å². The van der Waals surface area contributed by atoms with Crippen molar-refractivity contribution in [2.24, 2.45) is 5.92 Å². The Balaban J connectivity index is 1.56. The lowest BCUT2D eigenvalue weighted by Crippen LogP contribution is -2.47. The number of benzene rings is 3. The molecule has 42 heavy (non-hydrogen) atoms. The minimum absolute atomic E-state index is 0.0350. The predicted octanol–water partition coefficient (Wildman–Crippen LogP) is 6.06. The lowest BCUT2D eigenvalue weighted by Gasteiger charge is -2.34. The predicted molar refractivity (Wildman–Crippen MR) is 164 cm³/mol. The number of aliphatic hydroxyl groups is 1. The second kappa shape index (κ2) is 14.2. The highest BCUT2D eigenvalue weighted by atomic mass is 35.5. The van der Waals surface area contributed by atoms with Gasteiger partial charge < -0.3 is 25.4 Å². The summed E-state index contributed by atoms with van der Waals surface area (Å²) in [7, 11) is 1.98. The first-order valence-electron chi connectivity index (χ1n) is 13.7. The van der Waals surface area contributed by atoms with Gasteiger partial charge in [-0.05, 0) is 74.1 Å². The van der Waals surface area contributed by atoms with E-state index in [4.69, 9.17) is 27.9 Å². The largest absolute Gasteiger partial charge is 0.488 e. The van der Waals surface area contributed by atoms with Crippen LogP contribution in [0.25, 0.3) is 0 Å². The maximum atomic E-state index is 13.5. The molecule has 1 heterocycles. The lowest BCUT2D eigenvalue weighted by molar-refractivity contribution is -0.134. The average Bonchev–Trinajstić information content (AvgIpc) is 2.99. The van der Waals surface area contributed by atoms with Crippen LogP contribution in [0.4, 0.5) is 20.6 Å². The van der Waals surface area contributed by atoms with Crippen molar-refractivity contribution in [2.75, 3.05) is 37.4 Å². The van der Waals surface area contributed by atoms with Gasteiger partial charge in [-0.15, -0.1) is 0 Å². The molecule has 0 radical (unpaired) electrons. The van der Waals surface area contributed by atoms with Crippen LogP contribution < -0.4 is 15.4 Å². The summed E-state index contributed by atoms with van der Waals surface area (Å²) in [4.78, 5) is 29.9. The van der Waals surface area contributed by atoms with Gasteiger partial charge in [0.2, 0.25) is 5.91 Å². The topological polar surface area (TPSA) is 94.1 Å². The number of amides is 3. The first kappa shape index (κ1) is 31.6. The zero-order valence-corrected chi connectivity index (χ0v) is 25.3. The number of fused-ring (bicyclic) bond motifs is 1. The second-order valence-electron chi connectivity index (χ2n) is 10.7. The SMILES string of the molecule is C[C@H]1CN([C@@H](C)CO)C(=O)Cc2cc(NC(=O)Nc3ccc(F)cc3)ccc2O[C@@H]1CN(C)Cc1ccc(Cl)c(Cl)c1. The van der Waals surface area contributed by atoms with Crippen LogP contribution in [0, 0.1) is 11.7 Å². The third-order valence-electron chi connectivity index (χ3n) is 7.20. The average molecular weight is 618 g/mol. The number of ether oxygens (including phenoxy) is 1. The monoisotopic (exact) mass is 616 g/mol. The van der Waals surface area contributed by atoms with Crippen molar-refractivity contribution in [3.63, 3.8) is 0 Å². The maximum absolute atomic E-state index is 13.5. The van der Waals surface area contributed by atoms with E-state index in [0.29, 0.717) is 52.4 Å². The molecule has 0 unspecified atom stereocenters. The van der Waals surface area contributed by atoms with E-state index in [9.17, 15) is 19.1 Å². The number of nitrogens with zero attached hydrogens (tertiary/aromatic N) is 2. The third-order valence-corrected chi connectivity index (χ3v) is 7.94. The molecule has 224 valence electrons. The summed E-state index contributed by atoms with van der Waals surface area (Å²) in [6.07, 6.45) is -0.260. The molecule has 3 aromatic carbocycles. The second-order valence-corrected chi connectivity index (χ2v) is 11.6. The first-order chi connectivity index (χ1) is 20.0. The molecule has 3 amide bonds. The maximum Gasteiger partial charge on any atom is 0.323 e. The summed E-state index contributed by atoms with van der Waals surface area (Å²) in [6, 6.07) is 15.3. The summed E-state index contributed by atoms with van der Waals surface area (Å²) in [5.74, 6) is -0.0671. The van der Waals surface area contributed by atoms with E-state index in [-0.39, 0.29) is 37.0 Å². The van der Waals surface area contributed by atoms with Crippen LogP contribution >= 0.6 is 23.2 Å². The van der Waals surface area contributed by atoms with Gasteiger partial charge in [0.25, 0.3) is 0 Å². The number of halogens is 3.